The monoisotopic (exact) mass is 599 g/mol. The maximum atomic E-state index is 13.6. The van der Waals surface area contributed by atoms with E-state index in [0.29, 0.717) is 15.9 Å². The smallest absolute Gasteiger partial charge is 0.497 e. The number of aromatic nitrogens is 1. The van der Waals surface area contributed by atoms with Crippen molar-refractivity contribution in [2.24, 2.45) is 0 Å². The van der Waals surface area contributed by atoms with E-state index in [0.717, 1.165) is 35.4 Å². The summed E-state index contributed by atoms with van der Waals surface area (Å²) in [4.78, 5) is 40.7. The van der Waals surface area contributed by atoms with Gasteiger partial charge in [0, 0.05) is 24.2 Å². The fourth-order valence-corrected chi connectivity index (χ4v) is 4.46. The zero-order valence-electron chi connectivity index (χ0n) is 21.6. The fraction of sp³-hybridized carbons (Fsp3) is 0.296. The van der Waals surface area contributed by atoms with Crippen molar-refractivity contribution in [1.29, 1.82) is 0 Å². The number of halogens is 6. The summed E-state index contributed by atoms with van der Waals surface area (Å²) < 4.78 is 85.7. The molecular formula is C27H23F6N3O6. The number of amides is 2. The first-order valence-electron chi connectivity index (χ1n) is 12.2. The number of aliphatic hydroxyl groups is 1. The van der Waals surface area contributed by atoms with Crippen molar-refractivity contribution < 1.29 is 50.5 Å². The van der Waals surface area contributed by atoms with E-state index in [1.807, 2.05) is 0 Å². The summed E-state index contributed by atoms with van der Waals surface area (Å²) in [6.45, 7) is -1.26. The Kier molecular flexibility index (Phi) is 8.52. The Hall–Kier alpha value is -4.53. The summed E-state index contributed by atoms with van der Waals surface area (Å²) in [6, 6.07) is 11.7. The van der Waals surface area contributed by atoms with Crippen molar-refractivity contribution >= 4 is 17.5 Å². The van der Waals surface area contributed by atoms with E-state index in [1.54, 1.807) is 24.3 Å². The lowest BCUT2D eigenvalue weighted by atomic mass is 9.93. The number of carbonyl (C=O) groups excluding carboxylic acids is 2. The Morgan fingerprint density at radius 2 is 1.62 bits per heavy atom. The standard InChI is InChI=1S/C27H23F6N3O6/c1-41-17-8-4-15(5-9-17)19-13-36(20-3-2-12-35(24(20)39)14-21(37)26(28,29)30)25(40)22(19)34-23(38)16-6-10-18(11-7-16)42-27(31,32)33/h2-12,19,21-22,37H,13-14H2,1H3,(H,34,38)/t19-,21?,22-/m0/s1. The van der Waals surface area contributed by atoms with Crippen LogP contribution in [-0.2, 0) is 11.3 Å². The van der Waals surface area contributed by atoms with Crippen LogP contribution in [0.25, 0.3) is 0 Å². The lowest BCUT2D eigenvalue weighted by Crippen LogP contribution is -2.44. The highest BCUT2D eigenvalue weighted by Crippen LogP contribution is 2.33. The molecule has 3 atom stereocenters. The largest absolute Gasteiger partial charge is 0.573 e. The van der Waals surface area contributed by atoms with E-state index in [-0.39, 0.29) is 17.8 Å². The third-order valence-corrected chi connectivity index (χ3v) is 6.53. The molecule has 1 fully saturated rings. The van der Waals surface area contributed by atoms with Crippen LogP contribution in [0.5, 0.6) is 11.5 Å². The quantitative estimate of drug-likeness (QED) is 0.383. The highest BCUT2D eigenvalue weighted by Gasteiger charge is 2.44. The molecule has 0 bridgehead atoms. The molecule has 9 nitrogen and oxygen atoms in total. The third kappa shape index (κ3) is 6.84. The van der Waals surface area contributed by atoms with Crippen LogP contribution < -0.4 is 25.2 Å². The van der Waals surface area contributed by atoms with Gasteiger partial charge >= 0.3 is 12.5 Å². The maximum Gasteiger partial charge on any atom is 0.573 e. The molecule has 2 amide bonds. The van der Waals surface area contributed by atoms with E-state index < -0.39 is 60.3 Å². The Balaban J connectivity index is 1.64. The zero-order chi connectivity index (χ0) is 30.8. The van der Waals surface area contributed by atoms with Crippen LogP contribution in [0.15, 0.2) is 71.7 Å². The van der Waals surface area contributed by atoms with Gasteiger partial charge in [-0.2, -0.15) is 13.2 Å². The van der Waals surface area contributed by atoms with Gasteiger partial charge in [0.2, 0.25) is 5.91 Å². The van der Waals surface area contributed by atoms with E-state index in [4.69, 9.17) is 4.74 Å². The van der Waals surface area contributed by atoms with E-state index in [1.165, 1.54) is 19.2 Å². The second kappa shape index (κ2) is 11.8. The molecular weight excluding hydrogens is 576 g/mol. The number of rotatable bonds is 8. The van der Waals surface area contributed by atoms with Crippen LogP contribution in [-0.4, -0.2) is 59.8 Å². The van der Waals surface area contributed by atoms with Gasteiger partial charge in [0.1, 0.15) is 23.2 Å². The Morgan fingerprint density at radius 3 is 2.19 bits per heavy atom. The number of methoxy groups -OCH3 is 1. The predicted octanol–water partition coefficient (Wildman–Crippen LogP) is 3.61. The van der Waals surface area contributed by atoms with Gasteiger partial charge in [-0.05, 0) is 54.1 Å². The Labute approximate surface area is 233 Å². The van der Waals surface area contributed by atoms with E-state index in [2.05, 4.69) is 10.1 Å². The van der Waals surface area contributed by atoms with Crippen LogP contribution in [0.4, 0.5) is 32.0 Å². The lowest BCUT2D eigenvalue weighted by molar-refractivity contribution is -0.274. The van der Waals surface area contributed by atoms with Gasteiger partial charge < -0.3 is 29.4 Å². The Morgan fingerprint density at radius 1 is 1.00 bits per heavy atom. The predicted molar refractivity (Wildman–Crippen MR) is 135 cm³/mol. The zero-order valence-corrected chi connectivity index (χ0v) is 21.6. The minimum absolute atomic E-state index is 0.0903. The molecule has 2 aromatic carbocycles. The van der Waals surface area contributed by atoms with Crippen LogP contribution in [0.3, 0.4) is 0 Å². The molecule has 1 unspecified atom stereocenters. The van der Waals surface area contributed by atoms with Gasteiger partial charge in [-0.25, -0.2) is 0 Å². The fourth-order valence-electron chi connectivity index (χ4n) is 4.46. The summed E-state index contributed by atoms with van der Waals surface area (Å²) in [5.41, 5.74) is -0.794. The second-order valence-corrected chi connectivity index (χ2v) is 9.26. The number of benzene rings is 2. The van der Waals surface area contributed by atoms with Gasteiger partial charge in [-0.15, -0.1) is 13.2 Å². The number of nitrogens with one attached hydrogen (secondary N) is 1. The Bertz CT molecular complexity index is 1490. The average molecular weight is 599 g/mol. The summed E-state index contributed by atoms with van der Waals surface area (Å²) in [5, 5.41) is 12.0. The van der Waals surface area contributed by atoms with Gasteiger partial charge in [0.15, 0.2) is 6.10 Å². The van der Waals surface area contributed by atoms with Crippen molar-refractivity contribution in [3.63, 3.8) is 0 Å². The first-order chi connectivity index (χ1) is 19.7. The highest BCUT2D eigenvalue weighted by atomic mass is 19.4. The average Bonchev–Trinajstić information content (AvgIpc) is 3.24. The number of aliphatic hydroxyl groups excluding tert-OH is 1. The summed E-state index contributed by atoms with van der Waals surface area (Å²) in [5.74, 6) is -2.39. The van der Waals surface area contributed by atoms with Crippen molar-refractivity contribution in [2.75, 3.05) is 18.6 Å². The van der Waals surface area contributed by atoms with Gasteiger partial charge in [-0.1, -0.05) is 12.1 Å². The number of alkyl halides is 6. The molecule has 1 saturated heterocycles. The van der Waals surface area contributed by atoms with Gasteiger partial charge in [0.05, 0.1) is 13.7 Å². The highest BCUT2D eigenvalue weighted by molar-refractivity contribution is 6.05. The molecule has 0 aliphatic carbocycles. The number of carbonyl (C=O) groups is 2. The number of pyridine rings is 1. The van der Waals surface area contributed by atoms with E-state index in [9.17, 15) is 45.8 Å². The van der Waals surface area contributed by atoms with Crippen molar-refractivity contribution in [3.8, 4) is 11.5 Å². The summed E-state index contributed by atoms with van der Waals surface area (Å²) in [7, 11) is 1.44. The maximum absolute atomic E-state index is 13.6. The van der Waals surface area contributed by atoms with Crippen molar-refractivity contribution in [3.05, 3.63) is 88.3 Å². The van der Waals surface area contributed by atoms with Crippen molar-refractivity contribution in [2.45, 2.75) is 37.1 Å². The lowest BCUT2D eigenvalue weighted by Gasteiger charge is -2.19. The number of hydrogen-bond donors (Lipinski definition) is 2. The first-order valence-corrected chi connectivity index (χ1v) is 12.2. The first kappa shape index (κ1) is 30.4. The molecule has 224 valence electrons. The molecule has 0 radical (unpaired) electrons. The number of ether oxygens (including phenoxy) is 2. The molecule has 0 saturated carbocycles. The number of nitrogens with zero attached hydrogens (tertiary/aromatic N) is 2. The molecule has 1 aliphatic rings. The van der Waals surface area contributed by atoms with Crippen LogP contribution in [0.1, 0.15) is 21.8 Å². The van der Waals surface area contributed by atoms with Crippen LogP contribution in [0, 0.1) is 0 Å². The van der Waals surface area contributed by atoms with Gasteiger partial charge in [0.25, 0.3) is 11.5 Å². The normalized spacial score (nSPS) is 18.1. The summed E-state index contributed by atoms with van der Waals surface area (Å²) in [6.07, 6.45) is -11.7. The molecule has 2 N–H and O–H groups in total. The van der Waals surface area contributed by atoms with Crippen molar-refractivity contribution in [1.82, 2.24) is 9.88 Å². The van der Waals surface area contributed by atoms with Gasteiger partial charge in [-0.3, -0.25) is 14.4 Å². The number of anilines is 1. The molecule has 2 heterocycles. The van der Waals surface area contributed by atoms with Crippen LogP contribution in [0.2, 0.25) is 0 Å². The summed E-state index contributed by atoms with van der Waals surface area (Å²) >= 11 is 0. The SMILES string of the molecule is COc1ccc([C@@H]2CN(c3cccn(CC(O)C(F)(F)F)c3=O)C(=O)[C@H]2NC(=O)c2ccc(OC(F)(F)F)cc2)cc1. The molecule has 15 heteroatoms. The number of hydrogen-bond acceptors (Lipinski definition) is 6. The third-order valence-electron chi connectivity index (χ3n) is 6.53. The molecule has 1 aromatic heterocycles. The minimum Gasteiger partial charge on any atom is -0.497 e. The van der Waals surface area contributed by atoms with E-state index >= 15 is 0 Å². The molecule has 0 spiro atoms. The second-order valence-electron chi connectivity index (χ2n) is 9.26. The molecule has 4 rings (SSSR count). The topological polar surface area (TPSA) is 110 Å². The molecule has 3 aromatic rings. The molecule has 42 heavy (non-hydrogen) atoms. The molecule has 1 aliphatic heterocycles. The van der Waals surface area contributed by atoms with Crippen LogP contribution >= 0.6 is 0 Å². The minimum atomic E-state index is -4.98.